The second-order valence-electron chi connectivity index (χ2n) is 18.9. The van der Waals surface area contributed by atoms with Crippen LogP contribution in [0.4, 0.5) is 0 Å². The van der Waals surface area contributed by atoms with Gasteiger partial charge in [-0.25, -0.2) is 0 Å². The Labute approximate surface area is 377 Å². The van der Waals surface area contributed by atoms with Gasteiger partial charge in [0, 0.05) is 12.8 Å². The van der Waals surface area contributed by atoms with Crippen molar-refractivity contribution in [2.45, 2.75) is 258 Å². The highest BCUT2D eigenvalue weighted by Gasteiger charge is 2.21. The van der Waals surface area contributed by atoms with Gasteiger partial charge in [0.2, 0.25) is 0 Å². The Morgan fingerprint density at radius 3 is 1.26 bits per heavy atom. The van der Waals surface area contributed by atoms with Gasteiger partial charge in [0.15, 0.2) is 6.10 Å². The molecule has 362 valence electrons. The van der Waals surface area contributed by atoms with E-state index in [0.29, 0.717) is 17.4 Å². The van der Waals surface area contributed by atoms with Crippen molar-refractivity contribution in [1.29, 1.82) is 0 Å². The Kier molecular flexibility index (Phi) is 43.1. The predicted octanol–water partition coefficient (Wildman–Crippen LogP) is 14.7. The molecule has 2 atom stereocenters. The average Bonchev–Trinajstić information content (AvgIpc) is 3.21. The van der Waals surface area contributed by atoms with E-state index < -0.39 is 26.5 Å². The molecule has 0 spiro atoms. The number of phosphoric ester groups is 1. The molecule has 0 bridgehead atoms. The van der Waals surface area contributed by atoms with E-state index in [-0.39, 0.29) is 32.0 Å². The zero-order chi connectivity index (χ0) is 45.0. The molecule has 0 aliphatic heterocycles. The van der Waals surface area contributed by atoms with Crippen LogP contribution in [0, 0.1) is 0 Å². The predicted molar refractivity (Wildman–Crippen MR) is 255 cm³/mol. The van der Waals surface area contributed by atoms with Crippen LogP contribution in [-0.2, 0) is 32.7 Å². The van der Waals surface area contributed by atoms with Gasteiger partial charge in [-0.1, -0.05) is 219 Å². The van der Waals surface area contributed by atoms with Gasteiger partial charge in [-0.05, 0) is 32.1 Å². The van der Waals surface area contributed by atoms with Crippen LogP contribution in [0.25, 0.3) is 0 Å². The van der Waals surface area contributed by atoms with Crippen molar-refractivity contribution in [3.05, 3.63) is 12.2 Å². The molecule has 1 unspecified atom stereocenters. The average molecular weight is 886 g/mol. The summed E-state index contributed by atoms with van der Waals surface area (Å²) in [5, 5.41) is 0. The minimum Gasteiger partial charge on any atom is -0.756 e. The van der Waals surface area contributed by atoms with E-state index in [2.05, 4.69) is 26.0 Å². The minimum atomic E-state index is -4.62. The van der Waals surface area contributed by atoms with Gasteiger partial charge in [-0.15, -0.1) is 0 Å². The van der Waals surface area contributed by atoms with Gasteiger partial charge in [-0.2, -0.15) is 0 Å². The molecule has 0 radical (unpaired) electrons. The highest BCUT2D eigenvalue weighted by atomic mass is 31.2. The Bertz CT molecular complexity index is 1050. The Balaban J connectivity index is 4.18. The van der Waals surface area contributed by atoms with E-state index in [4.69, 9.17) is 18.5 Å². The number of carbonyl (C=O) groups excluding carboxylic acids is 2. The summed E-state index contributed by atoms with van der Waals surface area (Å²) >= 11 is 0. The van der Waals surface area contributed by atoms with Crippen LogP contribution in [0.3, 0.4) is 0 Å². The molecular formula is C51H100NO8P. The molecule has 61 heavy (non-hydrogen) atoms. The van der Waals surface area contributed by atoms with E-state index in [1.54, 1.807) is 0 Å². The van der Waals surface area contributed by atoms with Crippen LogP contribution in [0.1, 0.15) is 251 Å². The normalized spacial score (nSPS) is 13.5. The molecular weight excluding hydrogens is 786 g/mol. The van der Waals surface area contributed by atoms with Crippen molar-refractivity contribution in [1.82, 2.24) is 0 Å². The summed E-state index contributed by atoms with van der Waals surface area (Å²) in [5.74, 6) is -0.822. The number of rotatable bonds is 48. The number of unbranched alkanes of at least 4 members (excludes halogenated alkanes) is 32. The van der Waals surface area contributed by atoms with E-state index >= 15 is 0 Å². The number of hydrogen-bond donors (Lipinski definition) is 0. The van der Waals surface area contributed by atoms with Crippen LogP contribution in [0.15, 0.2) is 12.2 Å². The number of esters is 2. The number of likely N-dealkylation sites (N-methyl/N-ethyl adjacent to an activating group) is 1. The van der Waals surface area contributed by atoms with Crippen LogP contribution in [0.5, 0.6) is 0 Å². The SMILES string of the molecule is CCCC/C=C/CCCCCCCCCCCC(=O)OC[C@H](COP(=O)([O-])OCC[N+](C)(C)C)OC(=O)CCCCCCCCCCCCCCCCCCCCCCCC. The lowest BCUT2D eigenvalue weighted by Crippen LogP contribution is -2.37. The van der Waals surface area contributed by atoms with E-state index in [9.17, 15) is 19.0 Å². The lowest BCUT2D eigenvalue weighted by Gasteiger charge is -2.28. The molecule has 0 heterocycles. The van der Waals surface area contributed by atoms with Gasteiger partial charge in [0.1, 0.15) is 19.8 Å². The summed E-state index contributed by atoms with van der Waals surface area (Å²) < 4.78 is 34.1. The number of nitrogens with zero attached hydrogens (tertiary/aromatic N) is 1. The summed E-state index contributed by atoms with van der Waals surface area (Å²) in [6.07, 6.45) is 48.1. The Morgan fingerprint density at radius 1 is 0.492 bits per heavy atom. The molecule has 0 aliphatic rings. The maximum Gasteiger partial charge on any atom is 0.306 e. The molecule has 0 aromatic heterocycles. The molecule has 0 aliphatic carbocycles. The fourth-order valence-corrected chi connectivity index (χ4v) is 8.19. The molecule has 0 saturated carbocycles. The summed E-state index contributed by atoms with van der Waals surface area (Å²) in [5.41, 5.74) is 0. The lowest BCUT2D eigenvalue weighted by molar-refractivity contribution is -0.870. The van der Waals surface area contributed by atoms with Gasteiger partial charge in [0.25, 0.3) is 7.82 Å². The van der Waals surface area contributed by atoms with E-state index in [1.165, 1.54) is 186 Å². The van der Waals surface area contributed by atoms with Crippen molar-refractivity contribution in [2.75, 3.05) is 47.5 Å². The summed E-state index contributed by atoms with van der Waals surface area (Å²) in [7, 11) is 1.18. The fourth-order valence-electron chi connectivity index (χ4n) is 7.46. The first-order valence-electron chi connectivity index (χ1n) is 25.9. The molecule has 0 fully saturated rings. The first-order valence-corrected chi connectivity index (χ1v) is 27.4. The van der Waals surface area contributed by atoms with Crippen LogP contribution < -0.4 is 4.89 Å². The molecule has 0 aromatic carbocycles. The van der Waals surface area contributed by atoms with Gasteiger partial charge >= 0.3 is 11.9 Å². The zero-order valence-corrected chi connectivity index (χ0v) is 41.8. The standard InChI is InChI=1S/C51H100NO8P/c1-6-8-10-12-14-16-18-20-22-23-24-25-26-27-28-30-32-34-36-38-40-42-44-51(54)60-49(48-59-61(55,56)58-46-45-52(3,4)5)47-57-50(53)43-41-39-37-35-33-31-29-21-19-17-15-13-11-9-7-2/h13,15,49H,6-12,14,16-48H2,1-5H3/b15-13+/t49-/m1/s1. The third-order valence-electron chi connectivity index (χ3n) is 11.5. The molecule has 0 amide bonds. The molecule has 0 aromatic rings. The van der Waals surface area contributed by atoms with Gasteiger partial charge in [0.05, 0.1) is 27.7 Å². The lowest BCUT2D eigenvalue weighted by atomic mass is 10.0. The third-order valence-corrected chi connectivity index (χ3v) is 12.5. The quantitative estimate of drug-likeness (QED) is 0.0195. The number of phosphoric acid groups is 1. The summed E-state index contributed by atoms with van der Waals surface area (Å²) in [4.78, 5) is 37.7. The van der Waals surface area contributed by atoms with Crippen molar-refractivity contribution in [3.63, 3.8) is 0 Å². The first kappa shape index (κ1) is 59.8. The largest absolute Gasteiger partial charge is 0.756 e. The van der Waals surface area contributed by atoms with E-state index in [1.807, 2.05) is 21.1 Å². The van der Waals surface area contributed by atoms with Crippen LogP contribution in [-0.4, -0.2) is 70.0 Å². The van der Waals surface area contributed by atoms with Gasteiger partial charge in [-0.3, -0.25) is 14.2 Å². The monoisotopic (exact) mass is 886 g/mol. The number of carbonyl (C=O) groups is 2. The zero-order valence-electron chi connectivity index (χ0n) is 40.9. The molecule has 10 heteroatoms. The summed E-state index contributed by atoms with van der Waals surface area (Å²) in [6, 6.07) is 0. The van der Waals surface area contributed by atoms with Crippen molar-refractivity contribution in [3.8, 4) is 0 Å². The minimum absolute atomic E-state index is 0.0275. The maximum absolute atomic E-state index is 12.7. The molecule has 9 nitrogen and oxygen atoms in total. The molecule has 0 saturated heterocycles. The second-order valence-corrected chi connectivity index (χ2v) is 20.3. The topological polar surface area (TPSA) is 111 Å². The number of ether oxygens (including phenoxy) is 2. The number of hydrogen-bond acceptors (Lipinski definition) is 8. The van der Waals surface area contributed by atoms with Crippen molar-refractivity contribution >= 4 is 19.8 Å². The molecule has 0 rings (SSSR count). The Morgan fingerprint density at radius 2 is 0.852 bits per heavy atom. The van der Waals surface area contributed by atoms with Crippen molar-refractivity contribution < 1.29 is 42.1 Å². The maximum atomic E-state index is 12.7. The fraction of sp³-hybridized carbons (Fsp3) is 0.922. The van der Waals surface area contributed by atoms with E-state index in [0.717, 1.165) is 32.1 Å². The number of quaternary nitrogens is 1. The first-order chi connectivity index (χ1) is 29.5. The third kappa shape index (κ3) is 48.1. The number of allylic oxidation sites excluding steroid dienone is 2. The van der Waals surface area contributed by atoms with Crippen LogP contribution in [0.2, 0.25) is 0 Å². The van der Waals surface area contributed by atoms with Gasteiger partial charge < -0.3 is 27.9 Å². The smallest absolute Gasteiger partial charge is 0.306 e. The molecule has 0 N–H and O–H groups in total. The summed E-state index contributed by atoms with van der Waals surface area (Å²) in [6.45, 7) is 4.25. The van der Waals surface area contributed by atoms with Crippen molar-refractivity contribution in [2.24, 2.45) is 0 Å². The second kappa shape index (κ2) is 44.0. The highest BCUT2D eigenvalue weighted by Crippen LogP contribution is 2.38. The van der Waals surface area contributed by atoms with Crippen LogP contribution >= 0.6 is 7.82 Å². The highest BCUT2D eigenvalue weighted by molar-refractivity contribution is 7.45. The Hall–Kier alpha value is -1.25.